The van der Waals surface area contributed by atoms with Crippen LogP contribution in [0.2, 0.25) is 0 Å². The lowest BCUT2D eigenvalue weighted by Gasteiger charge is -2.24. The van der Waals surface area contributed by atoms with Gasteiger partial charge in [0.1, 0.15) is 6.61 Å². The number of pyridine rings is 1. The maximum absolute atomic E-state index is 13.4. The summed E-state index contributed by atoms with van der Waals surface area (Å²) in [5.74, 6) is 0.536. The minimum absolute atomic E-state index is 0.0318. The maximum Gasteiger partial charge on any atom is 0.416 e. The summed E-state index contributed by atoms with van der Waals surface area (Å²) < 4.78 is 51.3. The van der Waals surface area contributed by atoms with Crippen LogP contribution < -0.4 is 9.47 Å². The summed E-state index contributed by atoms with van der Waals surface area (Å²) in [5.41, 5.74) is 1.63. The lowest BCUT2D eigenvalue weighted by Crippen LogP contribution is -2.33. The van der Waals surface area contributed by atoms with Gasteiger partial charge in [0.2, 0.25) is 0 Å². The van der Waals surface area contributed by atoms with E-state index in [1.165, 1.54) is 24.1 Å². The Hall–Kier alpha value is -4.33. The van der Waals surface area contributed by atoms with Crippen molar-refractivity contribution < 1.29 is 27.4 Å². The Balaban J connectivity index is 1.55. The van der Waals surface area contributed by atoms with Gasteiger partial charge in [-0.15, -0.1) is 0 Å². The fourth-order valence-electron chi connectivity index (χ4n) is 3.94. The zero-order valence-corrected chi connectivity index (χ0v) is 20.8. The molecule has 3 aromatic carbocycles. The van der Waals surface area contributed by atoms with Crippen LogP contribution in [0, 0.1) is 0 Å². The van der Waals surface area contributed by atoms with E-state index in [9.17, 15) is 18.0 Å². The fourth-order valence-corrected chi connectivity index (χ4v) is 3.94. The molecule has 1 aromatic heterocycles. The van der Waals surface area contributed by atoms with Crippen LogP contribution in [0.5, 0.6) is 11.5 Å². The lowest BCUT2D eigenvalue weighted by atomic mass is 10.1. The van der Waals surface area contributed by atoms with Crippen molar-refractivity contribution in [3.05, 3.63) is 125 Å². The van der Waals surface area contributed by atoms with Gasteiger partial charge in [0.05, 0.1) is 12.7 Å². The zero-order valence-electron chi connectivity index (χ0n) is 20.8. The van der Waals surface area contributed by atoms with E-state index in [0.29, 0.717) is 24.5 Å². The molecule has 0 aliphatic carbocycles. The van der Waals surface area contributed by atoms with Gasteiger partial charge in [0.15, 0.2) is 11.5 Å². The molecule has 0 aliphatic heterocycles. The number of alkyl halides is 3. The fraction of sp³-hybridized carbons (Fsp3) is 0.200. The standard InChI is InChI=1S/C30H27F3N2O3/c1-37-28-18-23(13-14-27(28)38-21-22-8-3-2-4-9-22)20-35(17-15-26-12-5-6-16-34-26)29(36)24-10-7-11-25(19-24)30(31,32)33/h2-14,16,18-19H,15,17,20-21H2,1H3. The summed E-state index contributed by atoms with van der Waals surface area (Å²) in [7, 11) is 1.53. The number of carbonyl (C=O) groups excluding carboxylic acids is 1. The number of rotatable bonds is 10. The average Bonchev–Trinajstić information content (AvgIpc) is 2.94. The van der Waals surface area contributed by atoms with Crippen LogP contribution in [0.4, 0.5) is 13.2 Å². The van der Waals surface area contributed by atoms with Gasteiger partial charge >= 0.3 is 6.18 Å². The molecule has 0 fully saturated rings. The van der Waals surface area contributed by atoms with Crippen LogP contribution in [-0.4, -0.2) is 29.4 Å². The Morgan fingerprint density at radius 2 is 1.66 bits per heavy atom. The van der Waals surface area contributed by atoms with Crippen LogP contribution in [0.3, 0.4) is 0 Å². The molecule has 0 unspecified atom stereocenters. The summed E-state index contributed by atoms with van der Waals surface area (Å²) in [4.78, 5) is 19.2. The number of halogens is 3. The lowest BCUT2D eigenvalue weighted by molar-refractivity contribution is -0.137. The smallest absolute Gasteiger partial charge is 0.416 e. The number of methoxy groups -OCH3 is 1. The Morgan fingerprint density at radius 1 is 0.868 bits per heavy atom. The van der Waals surface area contributed by atoms with Crippen LogP contribution >= 0.6 is 0 Å². The summed E-state index contributed by atoms with van der Waals surface area (Å²) >= 11 is 0. The third-order valence-electron chi connectivity index (χ3n) is 5.93. The van der Waals surface area contributed by atoms with Crippen LogP contribution in [0.25, 0.3) is 0 Å². The highest BCUT2D eigenvalue weighted by Crippen LogP contribution is 2.31. The molecule has 5 nitrogen and oxygen atoms in total. The van der Waals surface area contributed by atoms with E-state index in [-0.39, 0.29) is 18.7 Å². The molecule has 8 heteroatoms. The number of ether oxygens (including phenoxy) is 2. The summed E-state index contributed by atoms with van der Waals surface area (Å²) in [5, 5.41) is 0. The number of aromatic nitrogens is 1. The Morgan fingerprint density at radius 3 is 2.37 bits per heavy atom. The number of nitrogens with zero attached hydrogens (tertiary/aromatic N) is 2. The highest BCUT2D eigenvalue weighted by atomic mass is 19.4. The molecule has 0 spiro atoms. The number of hydrogen-bond donors (Lipinski definition) is 0. The van der Waals surface area contributed by atoms with E-state index < -0.39 is 17.6 Å². The maximum atomic E-state index is 13.4. The van der Waals surface area contributed by atoms with Crippen molar-refractivity contribution in [1.82, 2.24) is 9.88 Å². The first-order chi connectivity index (χ1) is 18.3. The van der Waals surface area contributed by atoms with E-state index in [0.717, 1.165) is 29.0 Å². The van der Waals surface area contributed by atoms with Crippen molar-refractivity contribution in [3.8, 4) is 11.5 Å². The molecule has 1 amide bonds. The van der Waals surface area contributed by atoms with E-state index in [2.05, 4.69) is 4.98 Å². The van der Waals surface area contributed by atoms with Crippen molar-refractivity contribution in [3.63, 3.8) is 0 Å². The molecule has 1 heterocycles. The van der Waals surface area contributed by atoms with Gasteiger partial charge in [-0.05, 0) is 53.6 Å². The average molecular weight is 521 g/mol. The molecule has 0 saturated heterocycles. The SMILES string of the molecule is COc1cc(CN(CCc2ccccn2)C(=O)c2cccc(C(F)(F)F)c2)ccc1OCc1ccccc1. The molecular weight excluding hydrogens is 493 g/mol. The molecule has 0 aliphatic rings. The molecule has 0 N–H and O–H groups in total. The van der Waals surface area contributed by atoms with Crippen LogP contribution in [-0.2, 0) is 25.7 Å². The topological polar surface area (TPSA) is 51.7 Å². The number of benzene rings is 3. The van der Waals surface area contributed by atoms with E-state index in [4.69, 9.17) is 9.47 Å². The van der Waals surface area contributed by atoms with Crippen molar-refractivity contribution in [2.45, 2.75) is 25.7 Å². The predicted molar refractivity (Wildman–Crippen MR) is 138 cm³/mol. The van der Waals surface area contributed by atoms with Crippen LogP contribution in [0.15, 0.2) is 97.2 Å². The van der Waals surface area contributed by atoms with Gasteiger partial charge in [-0.25, -0.2) is 0 Å². The molecule has 4 rings (SSSR count). The minimum Gasteiger partial charge on any atom is -0.493 e. The van der Waals surface area contributed by atoms with Gasteiger partial charge in [-0.1, -0.05) is 48.5 Å². The monoisotopic (exact) mass is 520 g/mol. The second kappa shape index (κ2) is 12.3. The molecule has 0 saturated carbocycles. The van der Waals surface area contributed by atoms with Crippen molar-refractivity contribution in [2.24, 2.45) is 0 Å². The van der Waals surface area contributed by atoms with Gasteiger partial charge in [0.25, 0.3) is 5.91 Å². The second-order valence-electron chi connectivity index (χ2n) is 8.64. The molecule has 196 valence electrons. The third kappa shape index (κ3) is 7.12. The Labute approximate surface area is 219 Å². The van der Waals surface area contributed by atoms with E-state index >= 15 is 0 Å². The van der Waals surface area contributed by atoms with Gasteiger partial charge in [0, 0.05) is 37.0 Å². The summed E-state index contributed by atoms with van der Waals surface area (Å²) in [6.07, 6.45) is -2.44. The number of hydrogen-bond acceptors (Lipinski definition) is 4. The third-order valence-corrected chi connectivity index (χ3v) is 5.93. The minimum atomic E-state index is -4.54. The quantitative estimate of drug-likeness (QED) is 0.237. The highest BCUT2D eigenvalue weighted by molar-refractivity contribution is 5.94. The Kier molecular flexibility index (Phi) is 8.63. The van der Waals surface area contributed by atoms with Gasteiger partial charge in [-0.3, -0.25) is 9.78 Å². The predicted octanol–water partition coefficient (Wildman–Crippen LogP) is 6.57. The van der Waals surface area contributed by atoms with Crippen LogP contribution in [0.1, 0.15) is 32.7 Å². The van der Waals surface area contributed by atoms with Crippen molar-refractivity contribution in [2.75, 3.05) is 13.7 Å². The first-order valence-electron chi connectivity index (χ1n) is 12.0. The van der Waals surface area contributed by atoms with Crippen molar-refractivity contribution >= 4 is 5.91 Å². The second-order valence-corrected chi connectivity index (χ2v) is 8.64. The van der Waals surface area contributed by atoms with E-state index in [1.807, 2.05) is 48.5 Å². The number of amides is 1. The summed E-state index contributed by atoms with van der Waals surface area (Å²) in [6.45, 7) is 0.790. The normalized spacial score (nSPS) is 11.2. The Bertz CT molecular complexity index is 1350. The highest BCUT2D eigenvalue weighted by Gasteiger charge is 2.31. The van der Waals surface area contributed by atoms with E-state index in [1.54, 1.807) is 24.4 Å². The molecular formula is C30H27F3N2O3. The van der Waals surface area contributed by atoms with Crippen molar-refractivity contribution in [1.29, 1.82) is 0 Å². The van der Waals surface area contributed by atoms with Gasteiger partial charge < -0.3 is 14.4 Å². The zero-order chi connectivity index (χ0) is 27.0. The molecule has 0 atom stereocenters. The molecule has 38 heavy (non-hydrogen) atoms. The van der Waals surface area contributed by atoms with Gasteiger partial charge in [-0.2, -0.15) is 13.2 Å². The first kappa shape index (κ1) is 26.7. The largest absolute Gasteiger partial charge is 0.493 e. The molecule has 4 aromatic rings. The number of carbonyl (C=O) groups is 1. The molecule has 0 radical (unpaired) electrons. The molecule has 0 bridgehead atoms. The summed E-state index contributed by atoms with van der Waals surface area (Å²) in [6, 6.07) is 25.0. The first-order valence-corrected chi connectivity index (χ1v) is 12.0.